The summed E-state index contributed by atoms with van der Waals surface area (Å²) >= 11 is 1.69. The molecule has 8 heteroatoms. The van der Waals surface area contributed by atoms with E-state index in [-0.39, 0.29) is 5.92 Å². The number of carboxylic acids is 1. The van der Waals surface area contributed by atoms with Crippen molar-refractivity contribution < 1.29 is 14.6 Å². The lowest BCUT2D eigenvalue weighted by molar-refractivity contribution is -0.141. The number of aliphatic carboxylic acids is 1. The van der Waals surface area contributed by atoms with Crippen molar-refractivity contribution in [1.82, 2.24) is 14.9 Å². The third kappa shape index (κ3) is 3.72. The number of thiazole rings is 1. The van der Waals surface area contributed by atoms with E-state index in [2.05, 4.69) is 19.8 Å². The van der Waals surface area contributed by atoms with Crippen molar-refractivity contribution in [1.29, 1.82) is 0 Å². The first-order chi connectivity index (χ1) is 12.7. The smallest absolute Gasteiger partial charge is 0.308 e. The minimum absolute atomic E-state index is 0.0205. The molecule has 7 nitrogen and oxygen atoms in total. The molecule has 2 aliphatic rings. The first kappa shape index (κ1) is 17.4. The first-order valence-corrected chi connectivity index (χ1v) is 9.65. The van der Waals surface area contributed by atoms with Crippen molar-refractivity contribution in [3.05, 3.63) is 41.2 Å². The summed E-state index contributed by atoms with van der Waals surface area (Å²) < 4.78 is 5.39. The number of morpholine rings is 1. The van der Waals surface area contributed by atoms with Crippen molar-refractivity contribution in [2.45, 2.75) is 12.5 Å². The van der Waals surface area contributed by atoms with Gasteiger partial charge in [-0.1, -0.05) is 6.07 Å². The van der Waals surface area contributed by atoms with Crippen LogP contribution in [0, 0.1) is 5.92 Å². The van der Waals surface area contributed by atoms with E-state index in [9.17, 15) is 9.90 Å². The molecule has 2 fully saturated rings. The molecule has 0 unspecified atom stereocenters. The van der Waals surface area contributed by atoms with E-state index in [4.69, 9.17) is 4.74 Å². The zero-order valence-electron chi connectivity index (χ0n) is 14.5. The summed E-state index contributed by atoms with van der Waals surface area (Å²) in [5, 5.41) is 10.7. The Bertz CT molecular complexity index is 748. The molecule has 2 aromatic rings. The van der Waals surface area contributed by atoms with Gasteiger partial charge in [-0.2, -0.15) is 0 Å². The number of nitrogens with zero attached hydrogens (tertiary/aromatic N) is 4. The minimum atomic E-state index is -0.736. The van der Waals surface area contributed by atoms with Gasteiger partial charge in [0.2, 0.25) is 0 Å². The number of likely N-dealkylation sites (tertiary alicyclic amines) is 1. The second-order valence-corrected chi connectivity index (χ2v) is 7.83. The molecule has 0 radical (unpaired) electrons. The van der Waals surface area contributed by atoms with E-state index < -0.39 is 11.9 Å². The van der Waals surface area contributed by atoms with E-state index in [1.54, 1.807) is 23.7 Å². The minimum Gasteiger partial charge on any atom is -0.481 e. The van der Waals surface area contributed by atoms with Gasteiger partial charge >= 0.3 is 5.97 Å². The third-order valence-electron chi connectivity index (χ3n) is 5.03. The Morgan fingerprint density at radius 3 is 2.88 bits per heavy atom. The summed E-state index contributed by atoms with van der Waals surface area (Å²) in [5.41, 5.74) is 1.00. The van der Waals surface area contributed by atoms with E-state index in [0.29, 0.717) is 6.54 Å². The van der Waals surface area contributed by atoms with Crippen LogP contribution in [0.4, 0.5) is 5.13 Å². The quantitative estimate of drug-likeness (QED) is 0.853. The summed E-state index contributed by atoms with van der Waals surface area (Å²) in [6.07, 6.45) is 5.42. The lowest BCUT2D eigenvalue weighted by Crippen LogP contribution is -2.36. The van der Waals surface area contributed by atoms with Crippen LogP contribution in [-0.2, 0) is 16.1 Å². The van der Waals surface area contributed by atoms with Crippen molar-refractivity contribution in [3.63, 3.8) is 0 Å². The van der Waals surface area contributed by atoms with E-state index in [1.807, 2.05) is 18.3 Å². The fourth-order valence-corrected chi connectivity index (χ4v) is 4.69. The number of carbonyl (C=O) groups is 1. The number of hydrogen-bond donors (Lipinski definition) is 1. The monoisotopic (exact) mass is 374 g/mol. The van der Waals surface area contributed by atoms with Gasteiger partial charge in [0.15, 0.2) is 5.13 Å². The number of aromatic nitrogens is 2. The Labute approximate surface area is 156 Å². The molecule has 4 rings (SSSR count). The fraction of sp³-hybridized carbons (Fsp3) is 0.500. The lowest BCUT2D eigenvalue weighted by Gasteiger charge is -2.26. The van der Waals surface area contributed by atoms with Crippen LogP contribution in [0.15, 0.2) is 30.7 Å². The van der Waals surface area contributed by atoms with Gasteiger partial charge in [0.1, 0.15) is 0 Å². The Morgan fingerprint density at radius 2 is 2.15 bits per heavy atom. The number of hydrogen-bond acceptors (Lipinski definition) is 7. The second kappa shape index (κ2) is 7.69. The summed E-state index contributed by atoms with van der Waals surface area (Å²) in [4.78, 5) is 26.1. The maximum absolute atomic E-state index is 11.7. The number of anilines is 1. The standard InChI is InChI=1S/C18H22N4O3S/c23-17(24)16-12-21(11-15(16)13-2-1-3-19-8-13)10-14-9-20-18(26-14)22-4-6-25-7-5-22/h1-3,8-9,15-16H,4-7,10-12H2,(H,23,24)/t15-,16+/m0/s1. The predicted octanol–water partition coefficient (Wildman–Crippen LogP) is 1.67. The topological polar surface area (TPSA) is 78.8 Å². The molecule has 2 atom stereocenters. The highest BCUT2D eigenvalue weighted by molar-refractivity contribution is 7.15. The fourth-order valence-electron chi connectivity index (χ4n) is 3.69. The van der Waals surface area contributed by atoms with Crippen LogP contribution in [0.1, 0.15) is 16.4 Å². The average Bonchev–Trinajstić information content (AvgIpc) is 3.31. The van der Waals surface area contributed by atoms with Crippen LogP contribution in [0.5, 0.6) is 0 Å². The summed E-state index contributed by atoms with van der Waals surface area (Å²) in [6.45, 7) is 5.26. The second-order valence-electron chi connectivity index (χ2n) is 6.74. The highest BCUT2D eigenvalue weighted by Crippen LogP contribution is 2.34. The largest absolute Gasteiger partial charge is 0.481 e. The molecule has 0 spiro atoms. The number of carboxylic acid groups (broad SMARTS) is 1. The van der Waals surface area contributed by atoms with Crippen LogP contribution in [-0.4, -0.2) is 65.3 Å². The molecular weight excluding hydrogens is 352 g/mol. The molecule has 1 N–H and O–H groups in total. The lowest BCUT2D eigenvalue weighted by atomic mass is 9.90. The van der Waals surface area contributed by atoms with E-state index in [0.717, 1.165) is 50.1 Å². The molecule has 0 aromatic carbocycles. The summed E-state index contributed by atoms with van der Waals surface area (Å²) in [5.74, 6) is -1.15. The molecular formula is C18H22N4O3S. The average molecular weight is 374 g/mol. The van der Waals surface area contributed by atoms with E-state index >= 15 is 0 Å². The Morgan fingerprint density at radius 1 is 1.31 bits per heavy atom. The van der Waals surface area contributed by atoms with Crippen LogP contribution < -0.4 is 4.90 Å². The van der Waals surface area contributed by atoms with Crippen molar-refractivity contribution in [2.75, 3.05) is 44.3 Å². The molecule has 0 saturated carbocycles. The zero-order valence-corrected chi connectivity index (χ0v) is 15.3. The maximum atomic E-state index is 11.7. The van der Waals surface area contributed by atoms with Gasteiger partial charge in [-0.25, -0.2) is 4.98 Å². The first-order valence-electron chi connectivity index (χ1n) is 8.83. The van der Waals surface area contributed by atoms with Crippen LogP contribution in [0.2, 0.25) is 0 Å². The zero-order chi connectivity index (χ0) is 17.9. The molecule has 2 aromatic heterocycles. The van der Waals surface area contributed by atoms with Crippen LogP contribution in [0.3, 0.4) is 0 Å². The van der Waals surface area contributed by atoms with Gasteiger partial charge in [0.25, 0.3) is 0 Å². The normalized spacial score (nSPS) is 24.1. The Balaban J connectivity index is 1.44. The number of ether oxygens (including phenoxy) is 1. The summed E-state index contributed by atoms with van der Waals surface area (Å²) in [7, 11) is 0. The van der Waals surface area contributed by atoms with Gasteiger partial charge in [-0.05, 0) is 11.6 Å². The Hall–Kier alpha value is -2.03. The SMILES string of the molecule is O=C(O)[C@@H]1CN(Cc2cnc(N3CCOCC3)s2)C[C@H]1c1cccnc1. The predicted molar refractivity (Wildman–Crippen MR) is 98.5 cm³/mol. The molecule has 0 aliphatic carbocycles. The third-order valence-corrected chi connectivity index (χ3v) is 6.07. The van der Waals surface area contributed by atoms with Crippen molar-refractivity contribution in [3.8, 4) is 0 Å². The molecule has 26 heavy (non-hydrogen) atoms. The Kier molecular flexibility index (Phi) is 5.14. The highest BCUT2D eigenvalue weighted by atomic mass is 32.1. The molecule has 2 saturated heterocycles. The van der Waals surface area contributed by atoms with Gasteiger partial charge in [0, 0.05) is 62.1 Å². The van der Waals surface area contributed by atoms with Crippen molar-refractivity contribution >= 4 is 22.4 Å². The molecule has 0 amide bonds. The van der Waals surface area contributed by atoms with Gasteiger partial charge in [0.05, 0.1) is 19.1 Å². The van der Waals surface area contributed by atoms with Crippen LogP contribution in [0.25, 0.3) is 0 Å². The molecule has 138 valence electrons. The maximum Gasteiger partial charge on any atom is 0.308 e. The van der Waals surface area contributed by atoms with Gasteiger partial charge < -0.3 is 14.7 Å². The molecule has 0 bridgehead atoms. The molecule has 4 heterocycles. The van der Waals surface area contributed by atoms with Crippen molar-refractivity contribution in [2.24, 2.45) is 5.92 Å². The number of rotatable bonds is 5. The van der Waals surface area contributed by atoms with E-state index in [1.165, 1.54) is 4.88 Å². The van der Waals surface area contributed by atoms with Crippen LogP contribution >= 0.6 is 11.3 Å². The summed E-state index contributed by atoms with van der Waals surface area (Å²) in [6, 6.07) is 3.84. The molecule has 2 aliphatic heterocycles. The van der Waals surface area contributed by atoms with Gasteiger partial charge in [-0.3, -0.25) is 14.7 Å². The number of pyridine rings is 1. The van der Waals surface area contributed by atoms with Gasteiger partial charge in [-0.15, -0.1) is 11.3 Å². The highest BCUT2D eigenvalue weighted by Gasteiger charge is 2.38.